The van der Waals surface area contributed by atoms with Crippen LogP contribution in [0.1, 0.15) is 23.1 Å². The molecule has 2 aromatic carbocycles. The van der Waals surface area contributed by atoms with E-state index in [1.165, 1.54) is 12.1 Å². The predicted octanol–water partition coefficient (Wildman–Crippen LogP) is 5.21. The first-order valence-electron chi connectivity index (χ1n) is 8.08. The van der Waals surface area contributed by atoms with Crippen molar-refractivity contribution < 1.29 is 8.81 Å². The summed E-state index contributed by atoms with van der Waals surface area (Å²) in [5, 5.41) is 5.01. The summed E-state index contributed by atoms with van der Waals surface area (Å²) in [6.07, 6.45) is 2.02. The van der Waals surface area contributed by atoms with Crippen LogP contribution in [-0.4, -0.2) is 4.57 Å². The van der Waals surface area contributed by atoms with E-state index < -0.39 is 0 Å². The lowest BCUT2D eigenvalue weighted by atomic mass is 10.1. The van der Waals surface area contributed by atoms with E-state index in [0.717, 1.165) is 33.1 Å². The predicted molar refractivity (Wildman–Crippen MR) is 95.6 cm³/mol. The summed E-state index contributed by atoms with van der Waals surface area (Å²) in [6.45, 7) is 0.618. The number of nitrogens with one attached hydrogen (secondary N) is 1. The van der Waals surface area contributed by atoms with Crippen molar-refractivity contribution in [1.29, 1.82) is 0 Å². The molecule has 2 aromatic heterocycles. The first kappa shape index (κ1) is 14.8. The van der Waals surface area contributed by atoms with Gasteiger partial charge in [-0.3, -0.25) is 5.32 Å². The summed E-state index contributed by atoms with van der Waals surface area (Å²) in [5.41, 5.74) is 3.84. The van der Waals surface area contributed by atoms with Gasteiger partial charge in [-0.2, -0.15) is 0 Å². The molecule has 5 rings (SSSR count). The Morgan fingerprint density at radius 2 is 2.04 bits per heavy atom. The van der Waals surface area contributed by atoms with Gasteiger partial charge in [0, 0.05) is 34.4 Å². The summed E-state index contributed by atoms with van der Waals surface area (Å²) in [5.74, 6) is 0.487. The third-order valence-corrected chi connectivity index (χ3v) is 5.05. The van der Waals surface area contributed by atoms with Crippen molar-refractivity contribution in [1.82, 2.24) is 9.88 Å². The third kappa shape index (κ3) is 2.29. The highest BCUT2D eigenvalue weighted by atomic mass is 35.5. The van der Waals surface area contributed by atoms with E-state index in [9.17, 15) is 4.39 Å². The number of hydrogen-bond acceptors (Lipinski definition) is 2. The van der Waals surface area contributed by atoms with Crippen molar-refractivity contribution in [3.63, 3.8) is 0 Å². The number of nitrogens with zero attached hydrogens (tertiary/aromatic N) is 1. The van der Waals surface area contributed by atoms with Crippen molar-refractivity contribution in [3.05, 3.63) is 88.7 Å². The Balaban J connectivity index is 1.67. The molecule has 0 fully saturated rings. The topological polar surface area (TPSA) is 30.1 Å². The highest BCUT2D eigenvalue weighted by molar-refractivity contribution is 6.31. The normalized spacial score (nSPS) is 16.5. The zero-order valence-corrected chi connectivity index (χ0v) is 13.9. The number of fused-ring (bicyclic) bond motifs is 4. The van der Waals surface area contributed by atoms with Crippen LogP contribution >= 0.6 is 11.6 Å². The van der Waals surface area contributed by atoms with Gasteiger partial charge >= 0.3 is 0 Å². The minimum atomic E-state index is -0.267. The summed E-state index contributed by atoms with van der Waals surface area (Å²) in [6, 6.07) is 16.3. The van der Waals surface area contributed by atoms with Crippen LogP contribution in [0.15, 0.2) is 65.2 Å². The maximum Gasteiger partial charge on any atom is 0.134 e. The number of furan rings is 1. The van der Waals surface area contributed by atoms with Crippen LogP contribution in [-0.2, 0) is 6.54 Å². The second-order valence-electron chi connectivity index (χ2n) is 6.19. The molecule has 124 valence electrons. The quantitative estimate of drug-likeness (QED) is 0.509. The lowest BCUT2D eigenvalue weighted by Gasteiger charge is -2.14. The maximum atomic E-state index is 13.5. The van der Waals surface area contributed by atoms with E-state index in [1.807, 2.05) is 30.5 Å². The van der Waals surface area contributed by atoms with E-state index >= 15 is 0 Å². The van der Waals surface area contributed by atoms with E-state index in [0.29, 0.717) is 12.1 Å². The van der Waals surface area contributed by atoms with Crippen LogP contribution < -0.4 is 5.32 Å². The van der Waals surface area contributed by atoms with Crippen molar-refractivity contribution in [2.45, 2.75) is 12.6 Å². The van der Waals surface area contributed by atoms with Crippen molar-refractivity contribution in [2.75, 3.05) is 0 Å². The van der Waals surface area contributed by atoms with Gasteiger partial charge in [-0.1, -0.05) is 17.7 Å². The second-order valence-corrected chi connectivity index (χ2v) is 6.59. The Kier molecular flexibility index (Phi) is 3.23. The molecule has 25 heavy (non-hydrogen) atoms. The maximum absolute atomic E-state index is 13.5. The van der Waals surface area contributed by atoms with Crippen LogP contribution in [0.25, 0.3) is 16.7 Å². The van der Waals surface area contributed by atoms with Crippen LogP contribution in [0.4, 0.5) is 4.39 Å². The first-order valence-corrected chi connectivity index (χ1v) is 8.46. The Morgan fingerprint density at radius 3 is 2.96 bits per heavy atom. The van der Waals surface area contributed by atoms with Crippen molar-refractivity contribution >= 4 is 22.6 Å². The average Bonchev–Trinajstić information content (AvgIpc) is 3.20. The molecular weight excluding hydrogens is 339 g/mol. The van der Waals surface area contributed by atoms with Gasteiger partial charge in [-0.05, 0) is 48.5 Å². The molecule has 1 atom stereocenters. The highest BCUT2D eigenvalue weighted by Gasteiger charge is 2.26. The fourth-order valence-electron chi connectivity index (χ4n) is 3.53. The molecule has 1 aliphatic heterocycles. The Morgan fingerprint density at radius 1 is 1.12 bits per heavy atom. The standard InChI is InChI=1S/C20H14ClFN2O/c21-15-3-1-4-16-14(15)11-23-20(17-5-2-8-24(16)17)19-10-12-9-13(22)6-7-18(12)25-19/h1-10,20,23H,11H2. The Hall–Kier alpha value is -2.56. The highest BCUT2D eigenvalue weighted by Crippen LogP contribution is 2.35. The van der Waals surface area contributed by atoms with E-state index in [4.69, 9.17) is 16.0 Å². The van der Waals surface area contributed by atoms with Gasteiger partial charge in [0.1, 0.15) is 23.2 Å². The molecule has 1 unspecified atom stereocenters. The molecular formula is C20H14ClFN2O. The van der Waals surface area contributed by atoms with E-state index in [2.05, 4.69) is 22.0 Å². The zero-order chi connectivity index (χ0) is 17.0. The first-order chi connectivity index (χ1) is 12.2. The zero-order valence-electron chi connectivity index (χ0n) is 13.2. The van der Waals surface area contributed by atoms with Gasteiger partial charge < -0.3 is 8.98 Å². The molecule has 0 saturated carbocycles. The number of benzene rings is 2. The molecule has 4 aromatic rings. The minimum absolute atomic E-state index is 0.145. The smallest absolute Gasteiger partial charge is 0.134 e. The number of aromatic nitrogens is 1. The van der Waals surface area contributed by atoms with Gasteiger partial charge in [0.15, 0.2) is 0 Å². The van der Waals surface area contributed by atoms with Gasteiger partial charge in [-0.25, -0.2) is 4.39 Å². The summed E-state index contributed by atoms with van der Waals surface area (Å²) < 4.78 is 21.6. The van der Waals surface area contributed by atoms with Crippen molar-refractivity contribution in [3.8, 4) is 5.69 Å². The molecule has 1 N–H and O–H groups in total. The third-order valence-electron chi connectivity index (χ3n) is 4.69. The fourth-order valence-corrected chi connectivity index (χ4v) is 3.77. The summed E-state index contributed by atoms with van der Waals surface area (Å²) in [4.78, 5) is 0. The molecule has 5 heteroatoms. The largest absolute Gasteiger partial charge is 0.459 e. The molecule has 0 amide bonds. The Bertz CT molecular complexity index is 1100. The molecule has 1 aliphatic rings. The fraction of sp³-hybridized carbons (Fsp3) is 0.100. The van der Waals surface area contributed by atoms with Gasteiger partial charge in [0.05, 0.1) is 5.69 Å². The van der Waals surface area contributed by atoms with Gasteiger partial charge in [0.25, 0.3) is 0 Å². The number of hydrogen-bond donors (Lipinski definition) is 1. The molecule has 0 aliphatic carbocycles. The SMILES string of the molecule is Fc1ccc2oc(C3NCc4c(Cl)cccc4-n4cccc43)cc2c1. The van der Waals surface area contributed by atoms with Crippen LogP contribution in [0.2, 0.25) is 5.02 Å². The average molecular weight is 353 g/mol. The number of halogens is 2. The number of rotatable bonds is 1. The van der Waals surface area contributed by atoms with Crippen LogP contribution in [0, 0.1) is 5.82 Å². The minimum Gasteiger partial charge on any atom is -0.459 e. The lowest BCUT2D eigenvalue weighted by molar-refractivity contribution is 0.465. The molecule has 0 spiro atoms. The summed E-state index contributed by atoms with van der Waals surface area (Å²) in [7, 11) is 0. The Labute approximate surface area is 148 Å². The van der Waals surface area contributed by atoms with Crippen LogP contribution in [0.3, 0.4) is 0 Å². The molecule has 3 nitrogen and oxygen atoms in total. The van der Waals surface area contributed by atoms with Gasteiger partial charge in [0.2, 0.25) is 0 Å². The molecule has 0 saturated heterocycles. The molecule has 3 heterocycles. The van der Waals surface area contributed by atoms with Crippen LogP contribution in [0.5, 0.6) is 0 Å². The van der Waals surface area contributed by atoms with Crippen molar-refractivity contribution in [2.24, 2.45) is 0 Å². The second kappa shape index (κ2) is 5.48. The monoisotopic (exact) mass is 352 g/mol. The van der Waals surface area contributed by atoms with Gasteiger partial charge in [-0.15, -0.1) is 0 Å². The molecule has 0 bridgehead atoms. The summed E-state index contributed by atoms with van der Waals surface area (Å²) >= 11 is 6.41. The molecule has 0 radical (unpaired) electrons. The van der Waals surface area contributed by atoms with E-state index in [-0.39, 0.29) is 11.9 Å². The lowest BCUT2D eigenvalue weighted by Crippen LogP contribution is -2.20. The van der Waals surface area contributed by atoms with E-state index in [1.54, 1.807) is 6.07 Å².